The van der Waals surface area contributed by atoms with E-state index < -0.39 is 9.84 Å². The van der Waals surface area contributed by atoms with E-state index in [1.54, 1.807) is 0 Å². The second-order valence-electron chi connectivity index (χ2n) is 4.59. The maximum absolute atomic E-state index is 11.7. The smallest absolute Gasteiger partial charge is 0.156 e. The summed E-state index contributed by atoms with van der Waals surface area (Å²) >= 11 is 3.39. The number of rotatable bonds is 1. The Bertz CT molecular complexity index is 531. The number of fused-ring (bicyclic) bond motifs is 1. The van der Waals surface area contributed by atoms with Gasteiger partial charge in [0.1, 0.15) is 0 Å². The van der Waals surface area contributed by atoms with Crippen molar-refractivity contribution in [1.82, 2.24) is 5.32 Å². The lowest BCUT2D eigenvalue weighted by Gasteiger charge is -2.43. The van der Waals surface area contributed by atoms with Gasteiger partial charge in [0.2, 0.25) is 0 Å². The Kier molecular flexibility index (Phi) is 3.32. The van der Waals surface area contributed by atoms with Crippen molar-refractivity contribution >= 4 is 38.2 Å². The first kappa shape index (κ1) is 13.3. The Morgan fingerprint density at radius 1 is 1.29 bits per heavy atom. The molecular weight excluding hydrogens is 326 g/mol. The molecule has 0 aliphatic carbocycles. The molecular formula is C11H13BrClNO2S. The van der Waals surface area contributed by atoms with Crippen molar-refractivity contribution in [2.75, 3.05) is 18.8 Å². The molecule has 0 saturated carbocycles. The maximum atomic E-state index is 11.7. The molecule has 2 aliphatic rings. The molecule has 1 aromatic carbocycles. The molecule has 94 valence electrons. The predicted octanol–water partition coefficient (Wildman–Crippen LogP) is 1.51. The SMILES string of the molecule is Cl.O=S1(=O)C[C@@]2(c3ccc(Br)cc3)CNC[C@H]21. The molecule has 1 aromatic rings. The van der Waals surface area contributed by atoms with Crippen LogP contribution in [-0.4, -0.2) is 32.5 Å². The molecule has 0 bridgehead atoms. The molecule has 6 heteroatoms. The molecule has 0 amide bonds. The number of hydrogen-bond donors (Lipinski definition) is 1. The van der Waals surface area contributed by atoms with Crippen LogP contribution >= 0.6 is 28.3 Å². The Morgan fingerprint density at radius 2 is 1.94 bits per heavy atom. The van der Waals surface area contributed by atoms with Crippen LogP contribution in [-0.2, 0) is 15.3 Å². The molecule has 0 unspecified atom stereocenters. The van der Waals surface area contributed by atoms with E-state index in [1.807, 2.05) is 24.3 Å². The summed E-state index contributed by atoms with van der Waals surface area (Å²) in [7, 11) is -2.85. The second kappa shape index (κ2) is 4.23. The van der Waals surface area contributed by atoms with Gasteiger partial charge in [0.05, 0.1) is 11.0 Å². The van der Waals surface area contributed by atoms with Gasteiger partial charge in [-0.3, -0.25) is 0 Å². The van der Waals surface area contributed by atoms with Gasteiger partial charge in [-0.1, -0.05) is 28.1 Å². The molecule has 2 fully saturated rings. The van der Waals surface area contributed by atoms with Crippen LogP contribution in [0.3, 0.4) is 0 Å². The lowest BCUT2D eigenvalue weighted by Crippen LogP contribution is -2.59. The quantitative estimate of drug-likeness (QED) is 0.844. The minimum Gasteiger partial charge on any atom is -0.314 e. The zero-order chi connectivity index (χ0) is 11.4. The minimum atomic E-state index is -2.85. The van der Waals surface area contributed by atoms with Crippen molar-refractivity contribution in [3.05, 3.63) is 34.3 Å². The van der Waals surface area contributed by atoms with Gasteiger partial charge in [-0.05, 0) is 17.7 Å². The molecule has 2 aliphatic heterocycles. The predicted molar refractivity (Wildman–Crippen MR) is 73.5 cm³/mol. The average Bonchev–Trinajstić information content (AvgIpc) is 2.59. The maximum Gasteiger partial charge on any atom is 0.156 e. The van der Waals surface area contributed by atoms with Crippen molar-refractivity contribution in [1.29, 1.82) is 0 Å². The highest BCUT2D eigenvalue weighted by Crippen LogP contribution is 2.45. The van der Waals surface area contributed by atoms with Gasteiger partial charge in [-0.25, -0.2) is 8.42 Å². The number of hydrogen-bond acceptors (Lipinski definition) is 3. The van der Waals surface area contributed by atoms with Gasteiger partial charge in [-0.15, -0.1) is 12.4 Å². The van der Waals surface area contributed by atoms with Crippen molar-refractivity contribution in [2.45, 2.75) is 10.7 Å². The Balaban J connectivity index is 0.00000108. The van der Waals surface area contributed by atoms with E-state index in [0.29, 0.717) is 12.3 Å². The van der Waals surface area contributed by atoms with Crippen LogP contribution in [0.4, 0.5) is 0 Å². The van der Waals surface area contributed by atoms with E-state index in [4.69, 9.17) is 0 Å². The van der Waals surface area contributed by atoms with Crippen LogP contribution in [0.25, 0.3) is 0 Å². The van der Waals surface area contributed by atoms with Gasteiger partial charge in [0, 0.05) is 23.0 Å². The summed E-state index contributed by atoms with van der Waals surface area (Å²) in [4.78, 5) is 0. The third-order valence-electron chi connectivity index (χ3n) is 3.70. The van der Waals surface area contributed by atoms with E-state index in [1.165, 1.54) is 0 Å². The fourth-order valence-electron chi connectivity index (χ4n) is 2.86. The monoisotopic (exact) mass is 337 g/mol. The van der Waals surface area contributed by atoms with Crippen LogP contribution in [0.5, 0.6) is 0 Å². The first-order valence-electron chi connectivity index (χ1n) is 5.23. The molecule has 3 rings (SSSR count). The van der Waals surface area contributed by atoms with Gasteiger partial charge < -0.3 is 5.32 Å². The summed E-state index contributed by atoms with van der Waals surface area (Å²) in [6.07, 6.45) is 0. The van der Waals surface area contributed by atoms with Crippen molar-refractivity contribution in [2.24, 2.45) is 0 Å². The molecule has 2 heterocycles. The molecule has 0 spiro atoms. The molecule has 0 aromatic heterocycles. The lowest BCUT2D eigenvalue weighted by atomic mass is 9.80. The highest BCUT2D eigenvalue weighted by atomic mass is 79.9. The minimum absolute atomic E-state index is 0. The number of nitrogens with one attached hydrogen (secondary N) is 1. The third-order valence-corrected chi connectivity index (χ3v) is 6.63. The van der Waals surface area contributed by atoms with E-state index in [2.05, 4.69) is 21.2 Å². The zero-order valence-electron chi connectivity index (χ0n) is 9.02. The summed E-state index contributed by atoms with van der Waals surface area (Å²) in [5, 5.41) is 2.98. The molecule has 1 N–H and O–H groups in total. The van der Waals surface area contributed by atoms with Gasteiger partial charge >= 0.3 is 0 Å². The molecule has 2 atom stereocenters. The van der Waals surface area contributed by atoms with Crippen molar-refractivity contribution in [3.8, 4) is 0 Å². The molecule has 0 radical (unpaired) electrons. The van der Waals surface area contributed by atoms with Crippen LogP contribution in [0.15, 0.2) is 28.7 Å². The summed E-state index contributed by atoms with van der Waals surface area (Å²) < 4.78 is 24.4. The van der Waals surface area contributed by atoms with E-state index >= 15 is 0 Å². The number of halogens is 2. The van der Waals surface area contributed by atoms with E-state index in [9.17, 15) is 8.42 Å². The molecule has 2 saturated heterocycles. The Hall–Kier alpha value is -0.100. The fourth-order valence-corrected chi connectivity index (χ4v) is 5.58. The van der Waals surface area contributed by atoms with Gasteiger partial charge in [0.25, 0.3) is 0 Å². The highest BCUT2D eigenvalue weighted by molar-refractivity contribution is 9.10. The number of benzene rings is 1. The van der Waals surface area contributed by atoms with Crippen LogP contribution in [0.2, 0.25) is 0 Å². The second-order valence-corrected chi connectivity index (χ2v) is 7.69. The van der Waals surface area contributed by atoms with Gasteiger partial charge in [-0.2, -0.15) is 0 Å². The summed E-state index contributed by atoms with van der Waals surface area (Å²) in [6, 6.07) is 8.01. The largest absolute Gasteiger partial charge is 0.314 e. The van der Waals surface area contributed by atoms with Crippen LogP contribution in [0, 0.1) is 0 Å². The Morgan fingerprint density at radius 3 is 2.53 bits per heavy atom. The van der Waals surface area contributed by atoms with Crippen molar-refractivity contribution in [3.63, 3.8) is 0 Å². The molecule has 3 nitrogen and oxygen atoms in total. The third kappa shape index (κ3) is 1.84. The topological polar surface area (TPSA) is 46.2 Å². The van der Waals surface area contributed by atoms with E-state index in [-0.39, 0.29) is 23.1 Å². The fraction of sp³-hybridized carbons (Fsp3) is 0.455. The van der Waals surface area contributed by atoms with Crippen molar-refractivity contribution < 1.29 is 8.42 Å². The summed E-state index contributed by atoms with van der Waals surface area (Å²) in [6.45, 7) is 1.37. The highest BCUT2D eigenvalue weighted by Gasteiger charge is 2.61. The van der Waals surface area contributed by atoms with Crippen LogP contribution < -0.4 is 5.32 Å². The summed E-state index contributed by atoms with van der Waals surface area (Å²) in [5.74, 6) is 0.291. The summed E-state index contributed by atoms with van der Waals surface area (Å²) in [5.41, 5.74) is 0.972. The number of sulfone groups is 1. The van der Waals surface area contributed by atoms with E-state index in [0.717, 1.165) is 16.6 Å². The normalized spacial score (nSPS) is 33.4. The lowest BCUT2D eigenvalue weighted by molar-refractivity contribution is 0.444. The first-order valence-corrected chi connectivity index (χ1v) is 7.74. The van der Waals surface area contributed by atoms with Gasteiger partial charge in [0.15, 0.2) is 9.84 Å². The average molecular weight is 339 g/mol. The Labute approximate surface area is 115 Å². The zero-order valence-corrected chi connectivity index (χ0v) is 12.2. The first-order chi connectivity index (χ1) is 7.55. The van der Waals surface area contributed by atoms with Crippen LogP contribution in [0.1, 0.15) is 5.56 Å². The molecule has 17 heavy (non-hydrogen) atoms. The standard InChI is InChI=1S/C11H12BrNO2S.ClH/c12-9-3-1-8(2-4-9)11-6-13-5-10(11)16(14,15)7-11;/h1-4,10,13H,5-7H2;1H/t10-,11-;/m1./s1.